The molecule has 1 fully saturated rings. The second kappa shape index (κ2) is 7.24. The molecule has 2 heteroatoms. The van der Waals surface area contributed by atoms with E-state index in [0.717, 1.165) is 19.0 Å². The summed E-state index contributed by atoms with van der Waals surface area (Å²) in [5.41, 5.74) is 2.91. The molecule has 0 aromatic heterocycles. The first-order chi connectivity index (χ1) is 9.62. The Bertz CT molecular complexity index is 406. The van der Waals surface area contributed by atoms with Gasteiger partial charge in [-0.3, -0.25) is 0 Å². The third kappa shape index (κ3) is 4.07. The summed E-state index contributed by atoms with van der Waals surface area (Å²) in [6.45, 7) is 12.5. The van der Waals surface area contributed by atoms with Crippen LogP contribution in [0.1, 0.15) is 50.7 Å². The lowest BCUT2D eigenvalue weighted by molar-refractivity contribution is 0.221. The number of hydrogen-bond acceptors (Lipinski definition) is 2. The molecule has 2 rings (SSSR count). The molecule has 0 saturated heterocycles. The van der Waals surface area contributed by atoms with Crippen LogP contribution in [0.3, 0.4) is 0 Å². The van der Waals surface area contributed by atoms with Crippen LogP contribution >= 0.6 is 0 Å². The Balaban J connectivity index is 1.74. The largest absolute Gasteiger partial charge is 0.310 e. The Hall–Kier alpha value is -0.860. The zero-order valence-electron chi connectivity index (χ0n) is 13.5. The lowest BCUT2D eigenvalue weighted by Gasteiger charge is -2.39. The highest BCUT2D eigenvalue weighted by molar-refractivity contribution is 5.27. The van der Waals surface area contributed by atoms with E-state index in [1.54, 1.807) is 0 Å². The molecule has 1 atom stereocenters. The van der Waals surface area contributed by atoms with Crippen molar-refractivity contribution in [2.45, 2.75) is 58.5 Å². The smallest absolute Gasteiger partial charge is 0.0169 e. The van der Waals surface area contributed by atoms with E-state index in [1.807, 2.05) is 0 Å². The van der Waals surface area contributed by atoms with Gasteiger partial charge >= 0.3 is 0 Å². The molecule has 1 aliphatic rings. The number of nitrogens with one attached hydrogen (secondary N) is 1. The summed E-state index contributed by atoms with van der Waals surface area (Å²) in [5, 5.41) is 3.79. The first-order valence-electron chi connectivity index (χ1n) is 8.17. The second-order valence-corrected chi connectivity index (χ2v) is 6.33. The highest BCUT2D eigenvalue weighted by atomic mass is 15.1. The van der Waals surface area contributed by atoms with E-state index in [-0.39, 0.29) is 0 Å². The number of rotatable bonds is 7. The summed E-state index contributed by atoms with van der Waals surface area (Å²) in [4.78, 5) is 2.49. The topological polar surface area (TPSA) is 15.3 Å². The Morgan fingerprint density at radius 2 is 1.95 bits per heavy atom. The van der Waals surface area contributed by atoms with Gasteiger partial charge in [0.2, 0.25) is 0 Å². The van der Waals surface area contributed by atoms with E-state index in [0.29, 0.717) is 12.1 Å². The van der Waals surface area contributed by atoms with Crippen molar-refractivity contribution in [2.24, 2.45) is 0 Å². The molecule has 0 aliphatic heterocycles. The fraction of sp³-hybridized carbons (Fsp3) is 0.667. The van der Waals surface area contributed by atoms with Gasteiger partial charge in [0.1, 0.15) is 0 Å². The summed E-state index contributed by atoms with van der Waals surface area (Å²) in [6.07, 6.45) is 2.60. The molecule has 1 aliphatic carbocycles. The van der Waals surface area contributed by atoms with Gasteiger partial charge in [0, 0.05) is 18.6 Å². The first-order valence-corrected chi connectivity index (χ1v) is 8.17. The Morgan fingerprint density at radius 3 is 2.55 bits per heavy atom. The zero-order valence-corrected chi connectivity index (χ0v) is 13.5. The van der Waals surface area contributed by atoms with Crippen molar-refractivity contribution in [2.75, 3.05) is 19.6 Å². The van der Waals surface area contributed by atoms with Crippen molar-refractivity contribution in [3.8, 4) is 0 Å². The van der Waals surface area contributed by atoms with E-state index in [2.05, 4.69) is 62.2 Å². The number of hydrogen-bond donors (Lipinski definition) is 1. The predicted molar refractivity (Wildman–Crippen MR) is 87.3 cm³/mol. The maximum absolute atomic E-state index is 3.79. The number of likely N-dealkylation sites (N-methyl/N-ethyl adjacent to an activating group) is 1. The van der Waals surface area contributed by atoms with Gasteiger partial charge in [0.05, 0.1) is 0 Å². The molecule has 20 heavy (non-hydrogen) atoms. The van der Waals surface area contributed by atoms with Gasteiger partial charge in [0.15, 0.2) is 0 Å². The third-order valence-electron chi connectivity index (χ3n) is 4.60. The molecule has 0 heterocycles. The summed E-state index contributed by atoms with van der Waals surface area (Å²) in [7, 11) is 0. The van der Waals surface area contributed by atoms with E-state index < -0.39 is 0 Å². The van der Waals surface area contributed by atoms with Gasteiger partial charge in [-0.15, -0.1) is 0 Å². The molecule has 2 nitrogen and oxygen atoms in total. The molecule has 1 N–H and O–H groups in total. The van der Waals surface area contributed by atoms with Crippen molar-refractivity contribution in [3.63, 3.8) is 0 Å². The van der Waals surface area contributed by atoms with Gasteiger partial charge in [-0.2, -0.15) is 0 Å². The molecule has 1 aromatic carbocycles. The quantitative estimate of drug-likeness (QED) is 0.818. The molecule has 0 spiro atoms. The van der Waals surface area contributed by atoms with Crippen LogP contribution in [0, 0.1) is 6.92 Å². The molecule has 0 amide bonds. The molecule has 0 bridgehead atoms. The van der Waals surface area contributed by atoms with Gasteiger partial charge in [-0.1, -0.05) is 43.7 Å². The van der Waals surface area contributed by atoms with Gasteiger partial charge in [0.25, 0.3) is 0 Å². The average molecular weight is 274 g/mol. The molecule has 112 valence electrons. The summed E-state index contributed by atoms with van der Waals surface area (Å²) in [5.74, 6) is 0.771. The molecular weight excluding hydrogens is 244 g/mol. The van der Waals surface area contributed by atoms with Crippen LogP contribution in [0.2, 0.25) is 0 Å². The third-order valence-corrected chi connectivity index (χ3v) is 4.60. The molecular formula is C18H30N2. The van der Waals surface area contributed by atoms with E-state index in [1.165, 1.54) is 30.5 Å². The Kier molecular flexibility index (Phi) is 5.62. The monoisotopic (exact) mass is 274 g/mol. The van der Waals surface area contributed by atoms with Crippen LogP contribution in [0.4, 0.5) is 0 Å². The fourth-order valence-corrected chi connectivity index (χ4v) is 3.27. The van der Waals surface area contributed by atoms with Crippen molar-refractivity contribution >= 4 is 0 Å². The Morgan fingerprint density at radius 1 is 1.25 bits per heavy atom. The molecule has 1 unspecified atom stereocenters. The zero-order chi connectivity index (χ0) is 14.5. The molecule has 0 radical (unpaired) electrons. The Labute approximate surface area is 124 Å². The minimum atomic E-state index is 0.596. The van der Waals surface area contributed by atoms with Crippen molar-refractivity contribution in [1.82, 2.24) is 10.2 Å². The number of nitrogens with zero attached hydrogens (tertiary/aromatic N) is 1. The highest BCUT2D eigenvalue weighted by Crippen LogP contribution is 2.37. The van der Waals surface area contributed by atoms with Crippen LogP contribution in [0.15, 0.2) is 24.3 Å². The summed E-state index contributed by atoms with van der Waals surface area (Å²) in [6, 6.07) is 10.3. The number of benzene rings is 1. The van der Waals surface area contributed by atoms with Crippen LogP contribution in [-0.2, 0) is 0 Å². The van der Waals surface area contributed by atoms with Gasteiger partial charge in [-0.05, 0) is 51.3 Å². The van der Waals surface area contributed by atoms with Gasteiger partial charge < -0.3 is 10.2 Å². The minimum absolute atomic E-state index is 0.596. The summed E-state index contributed by atoms with van der Waals surface area (Å²) >= 11 is 0. The van der Waals surface area contributed by atoms with Crippen LogP contribution in [-0.4, -0.2) is 36.6 Å². The maximum atomic E-state index is 3.79. The lowest BCUT2D eigenvalue weighted by atomic mass is 9.75. The average Bonchev–Trinajstić information content (AvgIpc) is 2.39. The maximum Gasteiger partial charge on any atom is 0.0169 e. The normalized spacial score (nSPS) is 23.6. The van der Waals surface area contributed by atoms with Crippen LogP contribution < -0.4 is 5.32 Å². The second-order valence-electron chi connectivity index (χ2n) is 6.33. The lowest BCUT2D eigenvalue weighted by Crippen LogP contribution is -2.48. The van der Waals surface area contributed by atoms with Crippen molar-refractivity contribution < 1.29 is 0 Å². The van der Waals surface area contributed by atoms with E-state index in [4.69, 9.17) is 0 Å². The standard InChI is InChI=1S/C18H30N2/c1-5-20(6-2)13-15(4)19-18-11-17(12-18)16-9-7-8-14(3)10-16/h7-10,15,17-19H,5-6,11-13H2,1-4H3. The fourth-order valence-electron chi connectivity index (χ4n) is 3.27. The minimum Gasteiger partial charge on any atom is -0.310 e. The molecule has 1 aromatic rings. The van der Waals surface area contributed by atoms with Crippen LogP contribution in [0.25, 0.3) is 0 Å². The van der Waals surface area contributed by atoms with Crippen LogP contribution in [0.5, 0.6) is 0 Å². The summed E-state index contributed by atoms with van der Waals surface area (Å²) < 4.78 is 0. The highest BCUT2D eigenvalue weighted by Gasteiger charge is 2.30. The number of aryl methyl sites for hydroxylation is 1. The SMILES string of the molecule is CCN(CC)CC(C)NC1CC(c2cccc(C)c2)C1. The van der Waals surface area contributed by atoms with E-state index in [9.17, 15) is 0 Å². The van der Waals surface area contributed by atoms with Gasteiger partial charge in [-0.25, -0.2) is 0 Å². The van der Waals surface area contributed by atoms with Crippen molar-refractivity contribution in [1.29, 1.82) is 0 Å². The van der Waals surface area contributed by atoms with Crippen molar-refractivity contribution in [3.05, 3.63) is 35.4 Å². The molecule has 1 saturated carbocycles. The first kappa shape index (κ1) is 15.5. The van der Waals surface area contributed by atoms with E-state index >= 15 is 0 Å². The predicted octanol–water partition coefficient (Wildman–Crippen LogP) is 3.56.